The number of rotatable bonds is 4. The summed E-state index contributed by atoms with van der Waals surface area (Å²) in [6, 6.07) is 4.03. The number of nitro groups is 1. The molecule has 0 saturated carbocycles. The summed E-state index contributed by atoms with van der Waals surface area (Å²) in [6.07, 6.45) is -0.325. The average molecular weight is 249 g/mol. The van der Waals surface area contributed by atoms with Crippen molar-refractivity contribution in [3.8, 4) is 17.6 Å². The highest BCUT2D eigenvalue weighted by atomic mass is 16.6. The summed E-state index contributed by atoms with van der Waals surface area (Å²) < 4.78 is 5.26. The van der Waals surface area contributed by atoms with E-state index in [1.807, 2.05) is 0 Å². The van der Waals surface area contributed by atoms with E-state index in [1.54, 1.807) is 6.92 Å². The van der Waals surface area contributed by atoms with E-state index in [0.717, 1.165) is 0 Å². The van der Waals surface area contributed by atoms with E-state index in [-0.39, 0.29) is 12.1 Å². The Kier molecular flexibility index (Phi) is 4.69. The Morgan fingerprint density at radius 2 is 2.28 bits per heavy atom. The number of nitrogens with zero attached hydrogens (tertiary/aromatic N) is 1. The Labute approximate surface area is 103 Å². The van der Waals surface area contributed by atoms with Gasteiger partial charge in [-0.1, -0.05) is 11.8 Å². The number of hydrogen-bond donors (Lipinski definition) is 1. The Morgan fingerprint density at radius 3 is 2.83 bits per heavy atom. The zero-order valence-corrected chi connectivity index (χ0v) is 9.67. The molecule has 1 aromatic carbocycles. The van der Waals surface area contributed by atoms with Crippen LogP contribution in [-0.2, 0) is 4.79 Å². The van der Waals surface area contributed by atoms with Crippen LogP contribution in [0.15, 0.2) is 18.2 Å². The molecule has 0 aliphatic rings. The Morgan fingerprint density at radius 1 is 1.56 bits per heavy atom. The first kappa shape index (κ1) is 13.5. The number of carboxylic acids is 1. The molecular weight excluding hydrogens is 238 g/mol. The maximum atomic E-state index is 10.6. The third-order valence-corrected chi connectivity index (χ3v) is 1.94. The smallest absolute Gasteiger partial charge is 0.315 e. The van der Waals surface area contributed by atoms with E-state index in [0.29, 0.717) is 17.9 Å². The van der Waals surface area contributed by atoms with Crippen molar-refractivity contribution in [1.29, 1.82) is 0 Å². The van der Waals surface area contributed by atoms with Crippen molar-refractivity contribution in [3.63, 3.8) is 0 Å². The predicted molar refractivity (Wildman–Crippen MR) is 63.4 cm³/mol. The van der Waals surface area contributed by atoms with Crippen LogP contribution in [0.5, 0.6) is 5.75 Å². The third-order valence-electron chi connectivity index (χ3n) is 1.94. The lowest BCUT2D eigenvalue weighted by Crippen LogP contribution is -1.96. The Bertz CT molecular complexity index is 527. The monoisotopic (exact) mass is 249 g/mol. The van der Waals surface area contributed by atoms with Crippen LogP contribution >= 0.6 is 0 Å². The highest BCUT2D eigenvalue weighted by Crippen LogP contribution is 2.23. The van der Waals surface area contributed by atoms with Crippen molar-refractivity contribution in [2.75, 3.05) is 6.61 Å². The molecule has 6 nitrogen and oxygen atoms in total. The molecule has 0 radical (unpaired) electrons. The quantitative estimate of drug-likeness (QED) is 0.499. The molecule has 0 amide bonds. The summed E-state index contributed by atoms with van der Waals surface area (Å²) in [5.41, 5.74) is 0.199. The number of non-ortho nitro benzene ring substituents is 1. The van der Waals surface area contributed by atoms with Gasteiger partial charge < -0.3 is 9.84 Å². The van der Waals surface area contributed by atoms with Gasteiger partial charge in [0.1, 0.15) is 12.2 Å². The van der Waals surface area contributed by atoms with E-state index < -0.39 is 10.9 Å². The Balaban J connectivity index is 3.09. The molecule has 0 aliphatic heterocycles. The van der Waals surface area contributed by atoms with Gasteiger partial charge in [0.25, 0.3) is 5.69 Å². The fourth-order valence-electron chi connectivity index (χ4n) is 1.23. The number of benzene rings is 1. The molecule has 0 bridgehead atoms. The molecule has 1 N–H and O–H groups in total. The van der Waals surface area contributed by atoms with Crippen molar-refractivity contribution in [2.24, 2.45) is 0 Å². The largest absolute Gasteiger partial charge is 0.493 e. The first-order valence-corrected chi connectivity index (χ1v) is 5.16. The first-order chi connectivity index (χ1) is 8.54. The third kappa shape index (κ3) is 3.79. The van der Waals surface area contributed by atoms with Crippen LogP contribution in [0.4, 0.5) is 5.69 Å². The summed E-state index contributed by atoms with van der Waals surface area (Å²) in [7, 11) is 0. The van der Waals surface area contributed by atoms with Gasteiger partial charge in [-0.25, -0.2) is 0 Å². The first-order valence-electron chi connectivity index (χ1n) is 5.16. The Hall–Kier alpha value is -2.55. The van der Waals surface area contributed by atoms with E-state index in [2.05, 4.69) is 11.8 Å². The van der Waals surface area contributed by atoms with Gasteiger partial charge in [0.15, 0.2) is 0 Å². The van der Waals surface area contributed by atoms with Gasteiger partial charge in [0.2, 0.25) is 0 Å². The van der Waals surface area contributed by atoms with Gasteiger partial charge in [-0.3, -0.25) is 14.9 Å². The van der Waals surface area contributed by atoms with E-state index >= 15 is 0 Å². The van der Waals surface area contributed by atoms with Crippen molar-refractivity contribution < 1.29 is 19.6 Å². The molecule has 0 spiro atoms. The fraction of sp³-hybridized carbons (Fsp3) is 0.250. The number of carboxylic acid groups (broad SMARTS) is 1. The van der Waals surface area contributed by atoms with Gasteiger partial charge in [0, 0.05) is 12.1 Å². The summed E-state index contributed by atoms with van der Waals surface area (Å²) in [5, 5.41) is 19.1. The highest BCUT2D eigenvalue weighted by Gasteiger charge is 2.10. The molecule has 0 saturated heterocycles. The second kappa shape index (κ2) is 6.25. The number of aliphatic carboxylic acids is 1. The lowest BCUT2D eigenvalue weighted by molar-refractivity contribution is -0.384. The zero-order valence-electron chi connectivity index (χ0n) is 9.67. The van der Waals surface area contributed by atoms with Gasteiger partial charge in [-0.05, 0) is 13.0 Å². The van der Waals surface area contributed by atoms with Crippen molar-refractivity contribution in [3.05, 3.63) is 33.9 Å². The lowest BCUT2D eigenvalue weighted by atomic mass is 10.1. The van der Waals surface area contributed by atoms with Crippen LogP contribution < -0.4 is 4.74 Å². The van der Waals surface area contributed by atoms with Crippen LogP contribution in [0, 0.1) is 22.0 Å². The summed E-state index contributed by atoms with van der Waals surface area (Å²) in [5.74, 6) is 4.33. The van der Waals surface area contributed by atoms with E-state index in [1.165, 1.54) is 18.2 Å². The lowest BCUT2D eigenvalue weighted by Gasteiger charge is -2.04. The minimum absolute atomic E-state index is 0.113. The number of hydrogen-bond acceptors (Lipinski definition) is 4. The van der Waals surface area contributed by atoms with Crippen molar-refractivity contribution in [1.82, 2.24) is 0 Å². The average Bonchev–Trinajstić information content (AvgIpc) is 2.30. The second-order valence-corrected chi connectivity index (χ2v) is 3.24. The van der Waals surface area contributed by atoms with Gasteiger partial charge >= 0.3 is 5.97 Å². The summed E-state index contributed by atoms with van der Waals surface area (Å²) in [4.78, 5) is 20.4. The minimum Gasteiger partial charge on any atom is -0.493 e. The molecule has 1 aromatic rings. The topological polar surface area (TPSA) is 89.7 Å². The fourth-order valence-corrected chi connectivity index (χ4v) is 1.23. The molecule has 0 aromatic heterocycles. The van der Waals surface area contributed by atoms with Crippen molar-refractivity contribution in [2.45, 2.75) is 13.3 Å². The van der Waals surface area contributed by atoms with Crippen LogP contribution in [0.2, 0.25) is 0 Å². The normalized spacial score (nSPS) is 9.17. The van der Waals surface area contributed by atoms with Crippen LogP contribution in [0.25, 0.3) is 0 Å². The summed E-state index contributed by atoms with van der Waals surface area (Å²) in [6.45, 7) is 2.17. The van der Waals surface area contributed by atoms with E-state index in [4.69, 9.17) is 9.84 Å². The van der Waals surface area contributed by atoms with Gasteiger partial charge in [-0.15, -0.1) is 0 Å². The predicted octanol–water partition coefficient (Wildman–Crippen LogP) is 1.82. The molecule has 1 rings (SSSR count). The SMILES string of the molecule is CCOc1ccc([N+](=O)[O-])cc1C#CCC(=O)O. The van der Waals surface area contributed by atoms with Gasteiger partial charge in [-0.2, -0.15) is 0 Å². The van der Waals surface area contributed by atoms with Crippen molar-refractivity contribution >= 4 is 11.7 Å². The van der Waals surface area contributed by atoms with Crippen LogP contribution in [-0.4, -0.2) is 22.6 Å². The molecule has 6 heteroatoms. The number of nitro benzene ring substituents is 1. The van der Waals surface area contributed by atoms with Gasteiger partial charge in [0.05, 0.1) is 17.1 Å². The highest BCUT2D eigenvalue weighted by molar-refractivity contribution is 5.70. The van der Waals surface area contributed by atoms with E-state index in [9.17, 15) is 14.9 Å². The number of carbonyl (C=O) groups is 1. The maximum absolute atomic E-state index is 10.6. The van der Waals surface area contributed by atoms with Crippen LogP contribution in [0.3, 0.4) is 0 Å². The molecule has 0 heterocycles. The zero-order chi connectivity index (χ0) is 13.5. The molecule has 0 fully saturated rings. The summed E-state index contributed by atoms with van der Waals surface area (Å²) >= 11 is 0. The molecule has 0 aliphatic carbocycles. The maximum Gasteiger partial charge on any atom is 0.315 e. The molecule has 0 unspecified atom stereocenters. The molecule has 0 atom stereocenters. The molecule has 18 heavy (non-hydrogen) atoms. The van der Waals surface area contributed by atoms with Crippen LogP contribution in [0.1, 0.15) is 18.9 Å². The molecule has 94 valence electrons. The second-order valence-electron chi connectivity index (χ2n) is 3.24. The minimum atomic E-state index is -1.05. The number of ether oxygens (including phenoxy) is 1. The molecular formula is C12H11NO5. The standard InChI is InChI=1S/C12H11NO5/c1-2-18-11-7-6-10(13(16)17)8-9(11)4-3-5-12(14)15/h6-8H,2,5H2,1H3,(H,14,15).